The van der Waals surface area contributed by atoms with Crippen LogP contribution in [0.4, 0.5) is 5.82 Å². The second-order valence-electron chi connectivity index (χ2n) is 6.34. The monoisotopic (exact) mass is 406 g/mol. The van der Waals surface area contributed by atoms with Gasteiger partial charge in [0.2, 0.25) is 0 Å². The third kappa shape index (κ3) is 4.67. The lowest BCUT2D eigenvalue weighted by Crippen LogP contribution is -2.33. The van der Waals surface area contributed by atoms with E-state index in [2.05, 4.69) is 23.7 Å². The highest BCUT2D eigenvalue weighted by Gasteiger charge is 2.28. The molecule has 1 atom stereocenters. The minimum atomic E-state index is -2.52. The van der Waals surface area contributed by atoms with Crippen molar-refractivity contribution in [2.24, 2.45) is 5.73 Å². The van der Waals surface area contributed by atoms with Crippen LogP contribution in [0.15, 0.2) is 24.3 Å². The maximum atomic E-state index is 9.17. The molecule has 8 heteroatoms. The van der Waals surface area contributed by atoms with Gasteiger partial charge in [-0.1, -0.05) is 32.9 Å². The number of H-pyrrole nitrogens is 1. The number of aromatic nitrogens is 1. The van der Waals surface area contributed by atoms with Crippen LogP contribution in [0.5, 0.6) is 5.75 Å². The molecular weight excluding hydrogens is 375 g/mol. The molecule has 0 spiro atoms. The molecule has 2 aromatic rings. The summed E-state index contributed by atoms with van der Waals surface area (Å²) in [6.45, 7) is 10.3. The van der Waals surface area contributed by atoms with Crippen molar-refractivity contribution in [3.8, 4) is 5.75 Å². The van der Waals surface area contributed by atoms with E-state index in [1.54, 1.807) is 18.2 Å². The zero-order chi connectivity index (χ0) is 20.8. The molecule has 0 saturated heterocycles. The number of anilines is 1. The number of hydrogen-bond acceptors (Lipinski definition) is 6. The zero-order valence-electron chi connectivity index (χ0n) is 16.9. The molecule has 1 unspecified atom stereocenters. The van der Waals surface area contributed by atoms with Gasteiger partial charge in [0.25, 0.3) is 0 Å². The number of nitrogens with two attached hydrogens (primary N) is 2. The van der Waals surface area contributed by atoms with Crippen molar-refractivity contribution < 1.29 is 14.3 Å². The number of nitrogens with zero attached hydrogens (tertiary/aromatic N) is 1. The van der Waals surface area contributed by atoms with Crippen LogP contribution in [0.25, 0.3) is 11.8 Å². The van der Waals surface area contributed by atoms with Crippen LogP contribution in [0.2, 0.25) is 0 Å². The molecule has 0 radical (unpaired) electrons. The van der Waals surface area contributed by atoms with Crippen LogP contribution in [-0.2, 0) is 6.42 Å². The molecule has 1 aliphatic heterocycles. The second kappa shape index (κ2) is 9.94. The number of aromatic amines is 1. The molecule has 0 fully saturated rings. The van der Waals surface area contributed by atoms with Crippen molar-refractivity contribution in [2.75, 3.05) is 18.8 Å². The van der Waals surface area contributed by atoms with Gasteiger partial charge in [-0.05, 0) is 37.2 Å². The van der Waals surface area contributed by atoms with E-state index >= 15 is 0 Å². The summed E-state index contributed by atoms with van der Waals surface area (Å²) >= 11 is 0. The number of para-hydroxylation sites is 1. The Kier molecular flexibility index (Phi) is 7.89. The molecule has 154 valence electrons. The predicted molar refractivity (Wildman–Crippen MR) is 116 cm³/mol. The third-order valence-electron chi connectivity index (χ3n) is 4.89. The highest BCUT2D eigenvalue weighted by Crippen LogP contribution is 2.38. The van der Waals surface area contributed by atoms with E-state index in [9.17, 15) is 0 Å². The predicted octanol–water partition coefficient (Wildman–Crippen LogP) is 3.61. The smallest absolute Gasteiger partial charge is 0.391 e. The molecule has 3 rings (SSSR count). The van der Waals surface area contributed by atoms with Gasteiger partial charge < -0.3 is 30.8 Å². The molecule has 1 aromatic heterocycles. The fraction of sp³-hybridized carbons (Fsp3) is 0.400. The van der Waals surface area contributed by atoms with Crippen LogP contribution in [0, 0.1) is 0 Å². The molecule has 0 amide bonds. The number of rotatable bonds is 5. The second-order valence-corrected chi connectivity index (χ2v) is 7.03. The fourth-order valence-electron chi connectivity index (χ4n) is 3.60. The van der Waals surface area contributed by atoms with Crippen molar-refractivity contribution in [3.63, 3.8) is 0 Å². The molecule has 0 bridgehead atoms. The molecule has 0 saturated carbocycles. The van der Waals surface area contributed by atoms with Crippen LogP contribution in [0.1, 0.15) is 56.1 Å². The quantitative estimate of drug-likeness (QED) is 0.484. The lowest BCUT2D eigenvalue weighted by Gasteiger charge is -2.33. The Morgan fingerprint density at radius 3 is 2.68 bits per heavy atom. The summed E-state index contributed by atoms with van der Waals surface area (Å²) in [5, 5.41) is 0. The first-order chi connectivity index (χ1) is 13.4. The number of nitrogen functional groups attached to an aromatic ring is 1. The number of hydrogen-bond donors (Lipinski definition) is 5. The zero-order valence-corrected chi connectivity index (χ0v) is 17.8. The van der Waals surface area contributed by atoms with Gasteiger partial charge in [-0.25, -0.2) is 0 Å². The van der Waals surface area contributed by atoms with Crippen molar-refractivity contribution in [1.29, 1.82) is 0 Å². The summed E-state index contributed by atoms with van der Waals surface area (Å²) in [6, 6.07) is 7.23. The summed E-state index contributed by atoms with van der Waals surface area (Å²) in [6.07, 6.45) is 2.75. The summed E-state index contributed by atoms with van der Waals surface area (Å²) in [4.78, 5) is 24.0. The molecule has 28 heavy (non-hydrogen) atoms. The molecular formula is C20H31N4O3P. The normalized spacial score (nSPS) is 17.1. The first-order valence-corrected chi connectivity index (χ1v) is 10.8. The average molecular weight is 406 g/mol. The van der Waals surface area contributed by atoms with Crippen LogP contribution < -0.4 is 16.0 Å². The largest absolute Gasteiger partial charge is 0.426 e. The number of fused-ring (bicyclic) bond motifs is 1. The molecule has 7 nitrogen and oxygen atoms in total. The highest BCUT2D eigenvalue weighted by molar-refractivity contribution is 7.39. The van der Waals surface area contributed by atoms with Gasteiger partial charge >= 0.3 is 8.60 Å². The van der Waals surface area contributed by atoms with Crippen LogP contribution in [0.3, 0.4) is 0 Å². The SMILES string of the molecule is CC.CCN1CCc2[nH]c(N)c(/C=C(\N)c3ccccc3OP(O)O)c2C1C. The third-order valence-corrected chi connectivity index (χ3v) is 5.25. The standard InChI is InChI=1S/C18H25N4O3P.C2H6/c1-3-22-9-8-15-17(11(22)2)13(18(20)21-15)10-14(19)12-6-4-5-7-16(12)25-26(23)24;1-2/h4-7,10-11,21,23-24H,3,8-9,19-20H2,1-2H3;1-2H3/b14-10-;. The van der Waals surface area contributed by atoms with Gasteiger partial charge in [0.05, 0.1) is 0 Å². The minimum absolute atomic E-state index is 0.241. The Hall–Kier alpha value is -2.05. The lowest BCUT2D eigenvalue weighted by molar-refractivity contribution is 0.209. The van der Waals surface area contributed by atoms with Gasteiger partial charge in [0, 0.05) is 41.5 Å². The van der Waals surface area contributed by atoms with Crippen molar-refractivity contribution in [2.45, 2.75) is 40.2 Å². The minimum Gasteiger partial charge on any atom is -0.426 e. The Morgan fingerprint density at radius 1 is 1.36 bits per heavy atom. The van der Waals surface area contributed by atoms with Gasteiger partial charge in [0.15, 0.2) is 0 Å². The number of nitrogens with one attached hydrogen (secondary N) is 1. The average Bonchev–Trinajstić information content (AvgIpc) is 2.99. The van der Waals surface area contributed by atoms with Gasteiger partial charge in [0.1, 0.15) is 11.6 Å². The van der Waals surface area contributed by atoms with Crippen LogP contribution in [-0.4, -0.2) is 32.8 Å². The number of likely N-dealkylation sites (N-methyl/N-ethyl adjacent to an activating group) is 1. The molecule has 7 N–H and O–H groups in total. The fourth-order valence-corrected chi connectivity index (χ4v) is 3.94. The summed E-state index contributed by atoms with van der Waals surface area (Å²) < 4.78 is 5.09. The summed E-state index contributed by atoms with van der Waals surface area (Å²) in [5.41, 5.74) is 16.8. The van der Waals surface area contributed by atoms with Gasteiger partial charge in [-0.2, -0.15) is 0 Å². The topological polar surface area (TPSA) is 121 Å². The molecule has 1 aliphatic rings. The molecule has 0 aliphatic carbocycles. The van der Waals surface area contributed by atoms with E-state index in [1.165, 1.54) is 5.56 Å². The summed E-state index contributed by atoms with van der Waals surface area (Å²) in [5.74, 6) is 0.913. The lowest BCUT2D eigenvalue weighted by atomic mass is 9.95. The number of benzene rings is 1. The maximum absolute atomic E-state index is 9.17. The summed E-state index contributed by atoms with van der Waals surface area (Å²) in [7, 11) is -2.52. The van der Waals surface area contributed by atoms with E-state index in [0.29, 0.717) is 22.8 Å². The van der Waals surface area contributed by atoms with E-state index in [4.69, 9.17) is 25.8 Å². The van der Waals surface area contributed by atoms with E-state index < -0.39 is 8.60 Å². The molecule has 2 heterocycles. The van der Waals surface area contributed by atoms with Crippen molar-refractivity contribution in [1.82, 2.24) is 9.88 Å². The Labute approximate surface area is 168 Å². The maximum Gasteiger partial charge on any atom is 0.391 e. The van der Waals surface area contributed by atoms with E-state index in [1.807, 2.05) is 26.0 Å². The van der Waals surface area contributed by atoms with E-state index in [0.717, 1.165) is 30.8 Å². The first-order valence-electron chi connectivity index (χ1n) is 9.59. The molecule has 1 aromatic carbocycles. The Balaban J connectivity index is 0.00000136. The van der Waals surface area contributed by atoms with Gasteiger partial charge in [-0.15, -0.1) is 0 Å². The van der Waals surface area contributed by atoms with E-state index in [-0.39, 0.29) is 6.04 Å². The first kappa shape index (κ1) is 22.2. The van der Waals surface area contributed by atoms with Gasteiger partial charge in [-0.3, -0.25) is 4.90 Å². The van der Waals surface area contributed by atoms with Crippen molar-refractivity contribution in [3.05, 3.63) is 46.6 Å². The Morgan fingerprint density at radius 2 is 2.04 bits per heavy atom. The Bertz CT molecular complexity index is 820. The van der Waals surface area contributed by atoms with Crippen LogP contribution >= 0.6 is 8.60 Å². The highest BCUT2D eigenvalue weighted by atomic mass is 31.2. The van der Waals surface area contributed by atoms with Crippen molar-refractivity contribution >= 4 is 26.2 Å².